The molecule has 1 unspecified atom stereocenters. The Morgan fingerprint density at radius 2 is 1.71 bits per heavy atom. The number of aromatic nitrogens is 2. The lowest BCUT2D eigenvalue weighted by molar-refractivity contribution is -0.132. The van der Waals surface area contributed by atoms with E-state index in [4.69, 9.17) is 5.10 Å². The molecular formula is C34H35FN4O2S. The number of carbonyl (C=O) groups is 2. The number of rotatable bonds is 5. The number of thioether (sulfide) groups is 1. The first-order valence-electron chi connectivity index (χ1n) is 14.5. The molecule has 1 saturated heterocycles. The summed E-state index contributed by atoms with van der Waals surface area (Å²) in [5.74, 6) is 0.618. The predicted octanol–water partition coefficient (Wildman–Crippen LogP) is 6.72. The molecule has 0 N–H and O–H groups in total. The minimum absolute atomic E-state index is 0.0785. The van der Waals surface area contributed by atoms with Gasteiger partial charge < -0.3 is 4.90 Å². The van der Waals surface area contributed by atoms with Gasteiger partial charge in [0, 0.05) is 29.8 Å². The third-order valence-corrected chi connectivity index (χ3v) is 9.57. The van der Waals surface area contributed by atoms with Crippen molar-refractivity contribution < 1.29 is 14.0 Å². The maximum atomic E-state index is 15.5. The maximum Gasteiger partial charge on any atom is 0.242 e. The molecule has 0 aliphatic carbocycles. The summed E-state index contributed by atoms with van der Waals surface area (Å²) in [5.41, 5.74) is 5.68. The van der Waals surface area contributed by atoms with Crippen LogP contribution in [0.5, 0.6) is 0 Å². The Hall–Kier alpha value is -3.91. The molecule has 3 aromatic carbocycles. The molecule has 3 heterocycles. The van der Waals surface area contributed by atoms with Gasteiger partial charge in [-0.1, -0.05) is 73.2 Å². The number of anilines is 1. The van der Waals surface area contributed by atoms with Gasteiger partial charge in [0.1, 0.15) is 18.2 Å². The van der Waals surface area contributed by atoms with Crippen molar-refractivity contribution in [3.8, 4) is 16.9 Å². The van der Waals surface area contributed by atoms with E-state index in [9.17, 15) is 9.59 Å². The van der Waals surface area contributed by atoms with Crippen molar-refractivity contribution in [1.29, 1.82) is 0 Å². The van der Waals surface area contributed by atoms with Crippen molar-refractivity contribution in [2.24, 2.45) is 5.92 Å². The molecule has 2 aliphatic rings. The van der Waals surface area contributed by atoms with Crippen LogP contribution in [0.1, 0.15) is 47.3 Å². The zero-order valence-electron chi connectivity index (χ0n) is 24.2. The molecule has 0 saturated carbocycles. The summed E-state index contributed by atoms with van der Waals surface area (Å²) >= 11 is 1.38. The van der Waals surface area contributed by atoms with Crippen LogP contribution in [-0.2, 0) is 9.59 Å². The Balaban J connectivity index is 1.59. The zero-order chi connectivity index (χ0) is 29.4. The molecule has 6 rings (SSSR count). The van der Waals surface area contributed by atoms with Crippen LogP contribution in [0.3, 0.4) is 0 Å². The molecule has 2 amide bonds. The van der Waals surface area contributed by atoms with Gasteiger partial charge in [-0.25, -0.2) is 9.07 Å². The van der Waals surface area contributed by atoms with Crippen molar-refractivity contribution in [2.45, 2.75) is 38.9 Å². The van der Waals surface area contributed by atoms with Crippen LogP contribution in [0.2, 0.25) is 0 Å². The van der Waals surface area contributed by atoms with Crippen LogP contribution in [0.25, 0.3) is 16.9 Å². The third kappa shape index (κ3) is 5.36. The summed E-state index contributed by atoms with van der Waals surface area (Å²) in [6.07, 6.45) is 1.91. The van der Waals surface area contributed by atoms with Crippen molar-refractivity contribution in [3.63, 3.8) is 0 Å². The minimum Gasteiger partial charge on any atom is -0.341 e. The van der Waals surface area contributed by atoms with Gasteiger partial charge >= 0.3 is 0 Å². The Morgan fingerprint density at radius 3 is 2.43 bits per heavy atom. The molecule has 216 valence electrons. The molecule has 0 radical (unpaired) electrons. The number of fused-ring (bicyclic) bond motifs is 1. The van der Waals surface area contributed by atoms with Crippen LogP contribution in [0.4, 0.5) is 10.2 Å². The number of piperidine rings is 1. The van der Waals surface area contributed by atoms with E-state index >= 15 is 4.39 Å². The van der Waals surface area contributed by atoms with Crippen molar-refractivity contribution in [3.05, 3.63) is 101 Å². The highest BCUT2D eigenvalue weighted by molar-refractivity contribution is 8.00. The lowest BCUT2D eigenvalue weighted by Crippen LogP contribution is -2.46. The summed E-state index contributed by atoms with van der Waals surface area (Å²) < 4.78 is 17.3. The average Bonchev–Trinajstić information content (AvgIpc) is 3.30. The Kier molecular flexibility index (Phi) is 7.90. The highest BCUT2D eigenvalue weighted by Crippen LogP contribution is 2.49. The highest BCUT2D eigenvalue weighted by atomic mass is 32.2. The topological polar surface area (TPSA) is 58.4 Å². The number of likely N-dealkylation sites (tertiary alicyclic amines) is 1. The normalized spacial score (nSPS) is 17.7. The van der Waals surface area contributed by atoms with E-state index < -0.39 is 5.25 Å². The summed E-state index contributed by atoms with van der Waals surface area (Å²) in [7, 11) is 0. The lowest BCUT2D eigenvalue weighted by Gasteiger charge is -2.32. The van der Waals surface area contributed by atoms with Gasteiger partial charge in [0.05, 0.1) is 22.4 Å². The van der Waals surface area contributed by atoms with Crippen LogP contribution in [0, 0.1) is 25.6 Å². The number of hydrogen-bond acceptors (Lipinski definition) is 4. The molecule has 2 aliphatic heterocycles. The fourth-order valence-corrected chi connectivity index (χ4v) is 7.19. The summed E-state index contributed by atoms with van der Waals surface area (Å²) in [5, 5.41) is 4.64. The van der Waals surface area contributed by atoms with Crippen LogP contribution < -0.4 is 4.90 Å². The van der Waals surface area contributed by atoms with E-state index in [1.807, 2.05) is 67.3 Å². The quantitative estimate of drug-likeness (QED) is 0.262. The van der Waals surface area contributed by atoms with E-state index in [1.165, 1.54) is 17.8 Å². The van der Waals surface area contributed by atoms with Crippen molar-refractivity contribution in [2.75, 3.05) is 30.3 Å². The molecule has 0 bridgehead atoms. The van der Waals surface area contributed by atoms with E-state index in [0.717, 1.165) is 40.8 Å². The molecular weight excluding hydrogens is 547 g/mol. The van der Waals surface area contributed by atoms with Crippen LogP contribution in [0.15, 0.2) is 72.8 Å². The Bertz CT molecular complexity index is 1630. The van der Waals surface area contributed by atoms with Gasteiger partial charge in [0.2, 0.25) is 11.8 Å². The average molecular weight is 583 g/mol. The van der Waals surface area contributed by atoms with Gasteiger partial charge in [0.25, 0.3) is 0 Å². The zero-order valence-corrected chi connectivity index (χ0v) is 25.0. The number of benzene rings is 3. The number of carbonyl (C=O) groups excluding carboxylic acids is 2. The molecule has 1 fully saturated rings. The summed E-state index contributed by atoms with van der Waals surface area (Å²) in [4.78, 5) is 31.2. The fraction of sp³-hybridized carbons (Fsp3) is 0.324. The van der Waals surface area contributed by atoms with E-state index in [0.29, 0.717) is 36.1 Å². The number of halogens is 1. The molecule has 1 aromatic heterocycles. The monoisotopic (exact) mass is 582 g/mol. The first-order valence-corrected chi connectivity index (χ1v) is 15.6. The number of aryl methyl sites for hydroxylation is 2. The van der Waals surface area contributed by atoms with E-state index in [-0.39, 0.29) is 29.9 Å². The first kappa shape index (κ1) is 28.2. The molecule has 1 atom stereocenters. The molecule has 6 nitrogen and oxygen atoms in total. The second kappa shape index (κ2) is 11.8. The van der Waals surface area contributed by atoms with Crippen LogP contribution >= 0.6 is 11.8 Å². The molecule has 8 heteroatoms. The molecule has 4 aromatic rings. The van der Waals surface area contributed by atoms with Gasteiger partial charge in [-0.2, -0.15) is 5.10 Å². The number of hydrogen-bond donors (Lipinski definition) is 0. The largest absolute Gasteiger partial charge is 0.341 e. The SMILES string of the molecule is Cc1ccc(-n2nc(-c3ccccc3)c3c2N(CC(=O)N2CCC(C)CC2)C(=O)CSC3c2ccccc2F)c(C)c1. The number of amides is 2. The minimum atomic E-state index is -0.504. The van der Waals surface area contributed by atoms with Crippen LogP contribution in [-0.4, -0.2) is 51.9 Å². The predicted molar refractivity (Wildman–Crippen MR) is 167 cm³/mol. The first-order chi connectivity index (χ1) is 20.3. The highest BCUT2D eigenvalue weighted by Gasteiger charge is 2.39. The van der Waals surface area contributed by atoms with E-state index in [2.05, 4.69) is 13.0 Å². The van der Waals surface area contributed by atoms with E-state index in [1.54, 1.807) is 21.7 Å². The smallest absolute Gasteiger partial charge is 0.242 e. The van der Waals surface area contributed by atoms with Gasteiger partial charge in [-0.05, 0) is 50.3 Å². The van der Waals surface area contributed by atoms with Gasteiger partial charge in [-0.3, -0.25) is 14.5 Å². The summed E-state index contributed by atoms with van der Waals surface area (Å²) in [6, 6.07) is 22.6. The maximum absolute atomic E-state index is 15.5. The third-order valence-electron chi connectivity index (χ3n) is 8.33. The lowest BCUT2D eigenvalue weighted by atomic mass is 9.98. The second-order valence-electron chi connectivity index (χ2n) is 11.4. The second-order valence-corrected chi connectivity index (χ2v) is 12.5. The Labute approximate surface area is 250 Å². The van der Waals surface area contributed by atoms with Gasteiger partial charge in [0.15, 0.2) is 0 Å². The standard InChI is InChI=1S/C34H35FN4O2S/c1-22-15-17-37(18-16-22)29(40)20-38-30(41)21-42-33(26-11-7-8-12-27(26)35)31-32(25-9-5-4-6-10-25)36-39(34(31)38)28-14-13-23(2)19-24(28)3/h4-14,19,22,33H,15-18,20-21H2,1-3H3. The fourth-order valence-electron chi connectivity index (χ4n) is 5.97. The summed E-state index contributed by atoms with van der Waals surface area (Å²) in [6.45, 7) is 7.55. The Morgan fingerprint density at radius 1 is 1.00 bits per heavy atom. The number of nitrogens with zero attached hydrogens (tertiary/aromatic N) is 4. The molecule has 42 heavy (non-hydrogen) atoms. The van der Waals surface area contributed by atoms with Gasteiger partial charge in [-0.15, -0.1) is 11.8 Å². The van der Waals surface area contributed by atoms with Crippen molar-refractivity contribution in [1.82, 2.24) is 14.7 Å². The molecule has 0 spiro atoms. The van der Waals surface area contributed by atoms with Crippen molar-refractivity contribution >= 4 is 29.4 Å².